The van der Waals surface area contributed by atoms with Gasteiger partial charge in [-0.15, -0.1) is 10.2 Å². The second kappa shape index (κ2) is 10.1. The number of para-hydroxylation sites is 1. The van der Waals surface area contributed by atoms with Gasteiger partial charge in [-0.3, -0.25) is 4.79 Å². The van der Waals surface area contributed by atoms with Crippen LogP contribution in [0.25, 0.3) is 0 Å². The molecular weight excluding hydrogens is 424 g/mol. The highest BCUT2D eigenvalue weighted by atomic mass is 35.5. The molecule has 0 aliphatic carbocycles. The van der Waals surface area contributed by atoms with Gasteiger partial charge in [-0.25, -0.2) is 0 Å². The molecule has 7 nitrogen and oxygen atoms in total. The van der Waals surface area contributed by atoms with Gasteiger partial charge in [0.25, 0.3) is 0 Å². The maximum absolute atomic E-state index is 12.8. The Hall–Kier alpha value is -2.29. The number of methoxy groups -OCH3 is 1. The summed E-state index contributed by atoms with van der Waals surface area (Å²) in [6.07, 6.45) is 0. The number of carbonyl (C=O) groups excluding carboxylic acids is 1. The number of ether oxygens (including phenoxy) is 2. The minimum Gasteiger partial charge on any atom is -0.484 e. The number of hydrogen-bond donors (Lipinski definition) is 0. The predicted octanol–water partition coefficient (Wildman–Crippen LogP) is 4.09. The number of aromatic nitrogens is 4. The number of nitrogens with zero attached hydrogens (tertiary/aromatic N) is 4. The fourth-order valence-electron chi connectivity index (χ4n) is 3.12. The molecule has 0 saturated heterocycles. The second-order valence-electron chi connectivity index (χ2n) is 6.82. The van der Waals surface area contributed by atoms with Crippen molar-refractivity contribution < 1.29 is 14.3 Å². The standard InChI is InChI=1S/C21H25ClN4O3S/c1-14-11-16(15(2)26(14)9-10-28-4)18(27)13-30-21-24-23-20(25(21)3)12-29-19-8-6-5-7-17(19)22/h5-8,11H,9-10,12-13H2,1-4H3. The van der Waals surface area contributed by atoms with E-state index in [4.69, 9.17) is 21.1 Å². The molecule has 2 heterocycles. The van der Waals surface area contributed by atoms with Crippen molar-refractivity contribution >= 4 is 29.1 Å². The highest BCUT2D eigenvalue weighted by Crippen LogP contribution is 2.25. The number of benzene rings is 1. The van der Waals surface area contributed by atoms with Crippen molar-refractivity contribution in [3.63, 3.8) is 0 Å². The Bertz CT molecular complexity index is 1030. The van der Waals surface area contributed by atoms with E-state index in [0.29, 0.717) is 28.4 Å². The first-order valence-electron chi connectivity index (χ1n) is 9.49. The monoisotopic (exact) mass is 448 g/mol. The van der Waals surface area contributed by atoms with Gasteiger partial charge >= 0.3 is 0 Å². The van der Waals surface area contributed by atoms with Crippen LogP contribution in [-0.2, 0) is 24.9 Å². The molecule has 0 fully saturated rings. The van der Waals surface area contributed by atoms with E-state index in [2.05, 4.69) is 14.8 Å². The van der Waals surface area contributed by atoms with Crippen LogP contribution in [0.1, 0.15) is 27.6 Å². The number of Topliss-reactive ketones (excluding diaryl/α,β-unsaturated/α-hetero) is 1. The molecule has 0 saturated carbocycles. The third-order valence-corrected chi connectivity index (χ3v) is 6.18. The largest absolute Gasteiger partial charge is 0.484 e. The second-order valence-corrected chi connectivity index (χ2v) is 8.17. The smallest absolute Gasteiger partial charge is 0.191 e. The van der Waals surface area contributed by atoms with Gasteiger partial charge in [0.05, 0.1) is 17.4 Å². The zero-order valence-corrected chi connectivity index (χ0v) is 19.1. The van der Waals surface area contributed by atoms with E-state index in [-0.39, 0.29) is 18.1 Å². The molecule has 30 heavy (non-hydrogen) atoms. The number of aryl methyl sites for hydroxylation is 1. The minimum atomic E-state index is 0.0636. The van der Waals surface area contributed by atoms with Gasteiger partial charge < -0.3 is 18.6 Å². The molecule has 1 aromatic carbocycles. The molecule has 0 aliphatic rings. The number of hydrogen-bond acceptors (Lipinski definition) is 6. The summed E-state index contributed by atoms with van der Waals surface area (Å²) in [6, 6.07) is 9.21. The Kier molecular flexibility index (Phi) is 7.58. The average molecular weight is 449 g/mol. The number of rotatable bonds is 10. The van der Waals surface area contributed by atoms with Crippen LogP contribution in [0.5, 0.6) is 5.75 Å². The Morgan fingerprint density at radius 1 is 1.23 bits per heavy atom. The first-order chi connectivity index (χ1) is 14.4. The van der Waals surface area contributed by atoms with Crippen LogP contribution < -0.4 is 4.74 Å². The lowest BCUT2D eigenvalue weighted by molar-refractivity contribution is 0.102. The SMILES string of the molecule is COCCn1c(C)cc(C(=O)CSc2nnc(COc3ccccc3Cl)n2C)c1C. The van der Waals surface area contributed by atoms with Crippen LogP contribution in [0.2, 0.25) is 5.02 Å². The van der Waals surface area contributed by atoms with Crippen molar-refractivity contribution in [2.45, 2.75) is 32.2 Å². The fourth-order valence-corrected chi connectivity index (χ4v) is 4.12. The van der Waals surface area contributed by atoms with Crippen LogP contribution in [0.3, 0.4) is 0 Å². The molecule has 2 aromatic heterocycles. The average Bonchev–Trinajstić information content (AvgIpc) is 3.23. The van der Waals surface area contributed by atoms with E-state index in [1.54, 1.807) is 19.2 Å². The van der Waals surface area contributed by atoms with Crippen molar-refractivity contribution in [2.75, 3.05) is 19.5 Å². The Morgan fingerprint density at radius 3 is 2.73 bits per heavy atom. The molecule has 0 spiro atoms. The topological polar surface area (TPSA) is 71.2 Å². The van der Waals surface area contributed by atoms with Crippen LogP contribution in [-0.4, -0.2) is 44.6 Å². The third-order valence-electron chi connectivity index (χ3n) is 4.84. The number of ketones is 1. The van der Waals surface area contributed by atoms with Crippen LogP contribution >= 0.6 is 23.4 Å². The van der Waals surface area contributed by atoms with Crippen molar-refractivity contribution in [1.82, 2.24) is 19.3 Å². The zero-order valence-electron chi connectivity index (χ0n) is 17.5. The first-order valence-corrected chi connectivity index (χ1v) is 10.9. The van der Waals surface area contributed by atoms with E-state index in [1.807, 2.05) is 43.7 Å². The van der Waals surface area contributed by atoms with E-state index >= 15 is 0 Å². The van der Waals surface area contributed by atoms with Crippen molar-refractivity contribution in [2.24, 2.45) is 7.05 Å². The molecule has 3 rings (SSSR count). The lowest BCUT2D eigenvalue weighted by Crippen LogP contribution is -2.10. The van der Waals surface area contributed by atoms with Crippen molar-refractivity contribution in [3.05, 3.63) is 58.1 Å². The lowest BCUT2D eigenvalue weighted by atomic mass is 10.2. The first kappa shape index (κ1) is 22.4. The molecule has 3 aromatic rings. The van der Waals surface area contributed by atoms with Gasteiger partial charge in [-0.1, -0.05) is 35.5 Å². The quantitative estimate of drug-likeness (QED) is 0.343. The molecule has 0 bridgehead atoms. The maximum Gasteiger partial charge on any atom is 0.191 e. The van der Waals surface area contributed by atoms with Gasteiger partial charge in [0.2, 0.25) is 0 Å². The van der Waals surface area contributed by atoms with Crippen LogP contribution in [0.4, 0.5) is 0 Å². The highest BCUT2D eigenvalue weighted by Gasteiger charge is 2.18. The van der Waals surface area contributed by atoms with E-state index in [0.717, 1.165) is 23.5 Å². The molecule has 0 radical (unpaired) electrons. The summed E-state index contributed by atoms with van der Waals surface area (Å²) in [5.74, 6) is 1.60. The van der Waals surface area contributed by atoms with Crippen molar-refractivity contribution in [3.8, 4) is 5.75 Å². The molecular formula is C21H25ClN4O3S. The molecule has 0 unspecified atom stereocenters. The Morgan fingerprint density at radius 2 is 2.00 bits per heavy atom. The van der Waals surface area contributed by atoms with E-state index in [1.165, 1.54) is 11.8 Å². The zero-order chi connectivity index (χ0) is 21.7. The van der Waals surface area contributed by atoms with Gasteiger partial charge in [0.1, 0.15) is 12.4 Å². The third kappa shape index (κ3) is 5.06. The number of thioether (sulfide) groups is 1. The van der Waals surface area contributed by atoms with Crippen LogP contribution in [0, 0.1) is 13.8 Å². The summed E-state index contributed by atoms with van der Waals surface area (Å²) >= 11 is 7.48. The summed E-state index contributed by atoms with van der Waals surface area (Å²) in [7, 11) is 3.53. The Labute approximate surface area is 185 Å². The Balaban J connectivity index is 1.61. The predicted molar refractivity (Wildman–Crippen MR) is 118 cm³/mol. The summed E-state index contributed by atoms with van der Waals surface area (Å²) < 4.78 is 14.8. The van der Waals surface area contributed by atoms with E-state index < -0.39 is 0 Å². The number of carbonyl (C=O) groups is 1. The number of halogens is 1. The molecule has 160 valence electrons. The molecule has 0 N–H and O–H groups in total. The molecule has 0 aliphatic heterocycles. The summed E-state index contributed by atoms with van der Waals surface area (Å²) in [5.41, 5.74) is 2.75. The van der Waals surface area contributed by atoms with Gasteiger partial charge in [0.15, 0.2) is 16.8 Å². The van der Waals surface area contributed by atoms with E-state index in [9.17, 15) is 4.79 Å². The lowest BCUT2D eigenvalue weighted by Gasteiger charge is -2.09. The molecule has 9 heteroatoms. The summed E-state index contributed by atoms with van der Waals surface area (Å²) in [5, 5.41) is 9.57. The summed E-state index contributed by atoms with van der Waals surface area (Å²) in [6.45, 7) is 5.54. The fraction of sp³-hybridized carbons (Fsp3) is 0.381. The normalized spacial score (nSPS) is 11.1. The van der Waals surface area contributed by atoms with Gasteiger partial charge in [-0.2, -0.15) is 0 Å². The summed E-state index contributed by atoms with van der Waals surface area (Å²) in [4.78, 5) is 12.8. The molecule has 0 atom stereocenters. The van der Waals surface area contributed by atoms with Gasteiger partial charge in [0, 0.05) is 37.7 Å². The highest BCUT2D eigenvalue weighted by molar-refractivity contribution is 7.99. The minimum absolute atomic E-state index is 0.0636. The maximum atomic E-state index is 12.8. The van der Waals surface area contributed by atoms with Crippen molar-refractivity contribution in [1.29, 1.82) is 0 Å². The molecule has 0 amide bonds. The van der Waals surface area contributed by atoms with Gasteiger partial charge in [-0.05, 0) is 32.0 Å². The van der Waals surface area contributed by atoms with Crippen LogP contribution in [0.15, 0.2) is 35.5 Å².